The number of aromatic nitrogens is 2. The van der Waals surface area contributed by atoms with Gasteiger partial charge in [0.1, 0.15) is 25.4 Å². The van der Waals surface area contributed by atoms with Crippen LogP contribution in [0.3, 0.4) is 0 Å². The molecule has 2 atom stereocenters. The van der Waals surface area contributed by atoms with Crippen LogP contribution in [0.15, 0.2) is 36.8 Å². The number of nitrogens with one attached hydrogen (secondary N) is 2. The molecule has 0 saturated carbocycles. The molecule has 0 spiro atoms. The Morgan fingerprint density at radius 1 is 1.08 bits per heavy atom. The third-order valence-electron chi connectivity index (χ3n) is 4.39. The van der Waals surface area contributed by atoms with Crippen molar-refractivity contribution in [1.82, 2.24) is 15.3 Å². The molecule has 2 aromatic rings. The first-order valence-corrected chi connectivity index (χ1v) is 8.60. The zero-order chi connectivity index (χ0) is 17.8. The Kier molecular flexibility index (Phi) is 4.83. The summed E-state index contributed by atoms with van der Waals surface area (Å²) in [4.78, 5) is 20.8. The van der Waals surface area contributed by atoms with Gasteiger partial charge in [0.15, 0.2) is 11.5 Å². The smallest absolute Gasteiger partial charge is 0.251 e. The third-order valence-corrected chi connectivity index (χ3v) is 4.39. The number of carbonyl (C=O) groups excluding carboxylic acids is 1. The molecule has 8 heteroatoms. The molecule has 1 aromatic heterocycles. The van der Waals surface area contributed by atoms with E-state index < -0.39 is 0 Å². The van der Waals surface area contributed by atoms with Gasteiger partial charge in [0, 0.05) is 18.4 Å². The van der Waals surface area contributed by atoms with Crippen LogP contribution in [0, 0.1) is 0 Å². The standard InChI is InChI=1S/C18H20N4O4/c23-18(12-1-2-15-16(9-12)26-8-7-25-15)22-13-4-6-24-10-14(13)21-17-3-5-19-11-20-17/h1-3,5,9,11,13-14H,4,6-8,10H2,(H,22,23)(H,19,20,21)/t13-,14+/m0/s1. The maximum absolute atomic E-state index is 12.7. The number of anilines is 1. The first kappa shape index (κ1) is 16.6. The van der Waals surface area contributed by atoms with Gasteiger partial charge in [-0.25, -0.2) is 9.97 Å². The van der Waals surface area contributed by atoms with Crippen molar-refractivity contribution in [2.24, 2.45) is 0 Å². The molecule has 26 heavy (non-hydrogen) atoms. The molecule has 0 bridgehead atoms. The molecule has 1 saturated heterocycles. The third kappa shape index (κ3) is 3.70. The lowest BCUT2D eigenvalue weighted by atomic mass is 10.0. The molecule has 8 nitrogen and oxygen atoms in total. The van der Waals surface area contributed by atoms with Gasteiger partial charge >= 0.3 is 0 Å². The summed E-state index contributed by atoms with van der Waals surface area (Å²) < 4.78 is 16.6. The van der Waals surface area contributed by atoms with Crippen molar-refractivity contribution < 1.29 is 19.0 Å². The summed E-state index contributed by atoms with van der Waals surface area (Å²) in [5, 5.41) is 6.39. The minimum absolute atomic E-state index is 0.0696. The number of hydrogen-bond donors (Lipinski definition) is 2. The number of nitrogens with zero attached hydrogens (tertiary/aromatic N) is 2. The molecule has 1 amide bonds. The zero-order valence-electron chi connectivity index (χ0n) is 14.2. The summed E-state index contributed by atoms with van der Waals surface area (Å²) >= 11 is 0. The molecular formula is C18H20N4O4. The Balaban J connectivity index is 1.45. The zero-order valence-corrected chi connectivity index (χ0v) is 14.2. The summed E-state index contributed by atoms with van der Waals surface area (Å²) in [6.45, 7) is 2.12. The average molecular weight is 356 g/mol. The van der Waals surface area contributed by atoms with Crippen LogP contribution in [0.1, 0.15) is 16.8 Å². The second kappa shape index (κ2) is 7.57. The molecule has 0 aliphatic carbocycles. The van der Waals surface area contributed by atoms with Gasteiger partial charge in [0.25, 0.3) is 5.91 Å². The van der Waals surface area contributed by atoms with Gasteiger partial charge in [-0.3, -0.25) is 4.79 Å². The van der Waals surface area contributed by atoms with Gasteiger partial charge in [0.05, 0.1) is 18.7 Å². The van der Waals surface area contributed by atoms with E-state index in [1.54, 1.807) is 30.5 Å². The molecule has 0 radical (unpaired) electrons. The van der Waals surface area contributed by atoms with Gasteiger partial charge in [-0.05, 0) is 30.7 Å². The van der Waals surface area contributed by atoms with Crippen LogP contribution in [0.4, 0.5) is 5.82 Å². The van der Waals surface area contributed by atoms with E-state index in [2.05, 4.69) is 20.6 Å². The highest BCUT2D eigenvalue weighted by Gasteiger charge is 2.28. The Morgan fingerprint density at radius 3 is 2.81 bits per heavy atom. The number of hydrogen-bond acceptors (Lipinski definition) is 7. The fraction of sp³-hybridized carbons (Fsp3) is 0.389. The Labute approximate surface area is 150 Å². The maximum atomic E-state index is 12.7. The predicted molar refractivity (Wildman–Crippen MR) is 93.6 cm³/mol. The number of rotatable bonds is 4. The first-order valence-electron chi connectivity index (χ1n) is 8.60. The SMILES string of the molecule is O=C(N[C@H]1CCOC[C@H]1Nc1ccncn1)c1ccc2c(c1)OCCO2. The summed E-state index contributed by atoms with van der Waals surface area (Å²) in [6, 6.07) is 6.88. The minimum Gasteiger partial charge on any atom is -0.486 e. The van der Waals surface area contributed by atoms with Crippen LogP contribution in [-0.4, -0.2) is 54.4 Å². The monoisotopic (exact) mass is 356 g/mol. The highest BCUT2D eigenvalue weighted by molar-refractivity contribution is 5.95. The molecular weight excluding hydrogens is 336 g/mol. The maximum Gasteiger partial charge on any atom is 0.251 e. The van der Waals surface area contributed by atoms with E-state index in [1.807, 2.05) is 0 Å². The number of amides is 1. The summed E-state index contributed by atoms with van der Waals surface area (Å²) in [5.41, 5.74) is 0.543. The van der Waals surface area contributed by atoms with E-state index in [9.17, 15) is 4.79 Å². The lowest BCUT2D eigenvalue weighted by Crippen LogP contribution is -2.52. The van der Waals surface area contributed by atoms with E-state index in [1.165, 1.54) is 6.33 Å². The Hall–Kier alpha value is -2.87. The molecule has 2 N–H and O–H groups in total. The van der Waals surface area contributed by atoms with Gasteiger partial charge < -0.3 is 24.8 Å². The van der Waals surface area contributed by atoms with E-state index in [0.717, 1.165) is 6.42 Å². The van der Waals surface area contributed by atoms with Crippen molar-refractivity contribution in [3.05, 3.63) is 42.4 Å². The van der Waals surface area contributed by atoms with Crippen LogP contribution in [-0.2, 0) is 4.74 Å². The normalized spacial score (nSPS) is 21.7. The van der Waals surface area contributed by atoms with Crippen molar-refractivity contribution in [3.8, 4) is 11.5 Å². The fourth-order valence-electron chi connectivity index (χ4n) is 3.06. The lowest BCUT2D eigenvalue weighted by Gasteiger charge is -2.33. The van der Waals surface area contributed by atoms with Crippen LogP contribution in [0.5, 0.6) is 11.5 Å². The Bertz CT molecular complexity index is 771. The van der Waals surface area contributed by atoms with Gasteiger partial charge in [-0.2, -0.15) is 0 Å². The van der Waals surface area contributed by atoms with E-state index in [4.69, 9.17) is 14.2 Å². The van der Waals surface area contributed by atoms with Crippen molar-refractivity contribution in [2.45, 2.75) is 18.5 Å². The van der Waals surface area contributed by atoms with Crippen LogP contribution in [0.2, 0.25) is 0 Å². The fourth-order valence-corrected chi connectivity index (χ4v) is 3.06. The number of fused-ring (bicyclic) bond motifs is 1. The molecule has 2 aliphatic heterocycles. The molecule has 4 rings (SSSR count). The molecule has 1 aromatic carbocycles. The molecule has 1 fully saturated rings. The average Bonchev–Trinajstić information content (AvgIpc) is 2.70. The summed E-state index contributed by atoms with van der Waals surface area (Å²) in [5.74, 6) is 1.83. The van der Waals surface area contributed by atoms with Crippen molar-refractivity contribution in [1.29, 1.82) is 0 Å². The van der Waals surface area contributed by atoms with Crippen LogP contribution >= 0.6 is 0 Å². The topological polar surface area (TPSA) is 94.6 Å². The largest absolute Gasteiger partial charge is 0.486 e. The molecule has 136 valence electrons. The lowest BCUT2D eigenvalue weighted by molar-refractivity contribution is 0.0619. The predicted octanol–water partition coefficient (Wildman–Crippen LogP) is 1.25. The molecule has 3 heterocycles. The van der Waals surface area contributed by atoms with Crippen molar-refractivity contribution in [2.75, 3.05) is 31.7 Å². The number of benzene rings is 1. The van der Waals surface area contributed by atoms with Crippen molar-refractivity contribution in [3.63, 3.8) is 0 Å². The Morgan fingerprint density at radius 2 is 1.96 bits per heavy atom. The summed E-state index contributed by atoms with van der Waals surface area (Å²) in [6.07, 6.45) is 3.87. The van der Waals surface area contributed by atoms with Crippen LogP contribution < -0.4 is 20.1 Å². The second-order valence-electron chi connectivity index (χ2n) is 6.15. The van der Waals surface area contributed by atoms with E-state index >= 15 is 0 Å². The minimum atomic E-state index is -0.150. The van der Waals surface area contributed by atoms with Gasteiger partial charge in [-0.15, -0.1) is 0 Å². The van der Waals surface area contributed by atoms with Gasteiger partial charge in [-0.1, -0.05) is 0 Å². The number of ether oxygens (including phenoxy) is 3. The highest BCUT2D eigenvalue weighted by Crippen LogP contribution is 2.30. The molecule has 0 unspecified atom stereocenters. The van der Waals surface area contributed by atoms with E-state index in [-0.39, 0.29) is 18.0 Å². The van der Waals surface area contributed by atoms with E-state index in [0.29, 0.717) is 49.3 Å². The van der Waals surface area contributed by atoms with Crippen molar-refractivity contribution >= 4 is 11.7 Å². The van der Waals surface area contributed by atoms with Crippen LogP contribution in [0.25, 0.3) is 0 Å². The van der Waals surface area contributed by atoms with Gasteiger partial charge in [0.2, 0.25) is 0 Å². The summed E-state index contributed by atoms with van der Waals surface area (Å²) in [7, 11) is 0. The molecule has 2 aliphatic rings. The first-order chi connectivity index (χ1) is 12.8. The highest BCUT2D eigenvalue weighted by atomic mass is 16.6. The second-order valence-corrected chi connectivity index (χ2v) is 6.15. The quantitative estimate of drug-likeness (QED) is 0.851. The number of carbonyl (C=O) groups is 1.